The molecular formula is C15H30PtSi. The summed E-state index contributed by atoms with van der Waals surface area (Å²) < 4.78 is 5.30. The summed E-state index contributed by atoms with van der Waals surface area (Å²) in [4.78, 5) is 0. The number of hydrogen-bond acceptors (Lipinski definition) is 0. The molecule has 0 amide bonds. The first-order valence-electron chi connectivity index (χ1n) is 6.63. The van der Waals surface area contributed by atoms with E-state index in [-0.39, 0.29) is 0 Å². The molecule has 0 saturated carbocycles. The van der Waals surface area contributed by atoms with Gasteiger partial charge >= 0.3 is 113 Å². The Kier molecular flexibility index (Phi) is 5.06. The third-order valence-corrected chi connectivity index (χ3v) is 28.1. The van der Waals surface area contributed by atoms with E-state index in [1.54, 1.807) is 4.43 Å². The van der Waals surface area contributed by atoms with Crippen LogP contribution in [-0.2, 0) is 16.1 Å². The van der Waals surface area contributed by atoms with Crippen molar-refractivity contribution >= 4 is 8.07 Å². The fourth-order valence-corrected chi connectivity index (χ4v) is 31.7. The molecule has 0 unspecified atom stereocenters. The van der Waals surface area contributed by atoms with Crippen LogP contribution in [-0.4, -0.2) is 8.07 Å². The minimum absolute atomic E-state index is 0.917. The summed E-state index contributed by atoms with van der Waals surface area (Å²) in [6.07, 6.45) is 8.39. The number of allylic oxidation sites excluding steroid dienone is 4. The molecule has 0 fully saturated rings. The third-order valence-electron chi connectivity index (χ3n) is 2.90. The maximum absolute atomic E-state index is 2.55. The standard InChI is InChI=1S/C5H5.C4H11Si.2C3H7.Pt/c1-2-4-5-3-1;1-5(2,3)4;2*1-3-2;/h1-3H,4H2;1H2,2-4H3;2*3H,1-2H3;. The van der Waals surface area contributed by atoms with E-state index in [2.05, 4.69) is 65.6 Å². The second-order valence-electron chi connectivity index (χ2n) is 6.42. The van der Waals surface area contributed by atoms with E-state index in [1.807, 2.05) is 3.96 Å². The van der Waals surface area contributed by atoms with Crippen LogP contribution in [0.5, 0.6) is 0 Å². The summed E-state index contributed by atoms with van der Waals surface area (Å²) in [6, 6.07) is 0. The van der Waals surface area contributed by atoms with Gasteiger partial charge in [0.25, 0.3) is 0 Å². The van der Waals surface area contributed by atoms with Crippen LogP contribution < -0.4 is 0 Å². The van der Waals surface area contributed by atoms with Crippen molar-refractivity contribution < 1.29 is 16.1 Å². The van der Waals surface area contributed by atoms with Crippen LogP contribution in [0.25, 0.3) is 0 Å². The van der Waals surface area contributed by atoms with Crippen LogP contribution in [0.3, 0.4) is 0 Å². The van der Waals surface area contributed by atoms with Gasteiger partial charge in [-0.2, -0.15) is 0 Å². The van der Waals surface area contributed by atoms with Gasteiger partial charge in [-0.25, -0.2) is 0 Å². The zero-order valence-corrected chi connectivity index (χ0v) is 15.9. The zero-order valence-electron chi connectivity index (χ0n) is 12.6. The number of rotatable bonds is 5. The quantitative estimate of drug-likeness (QED) is 0.471. The van der Waals surface area contributed by atoms with Gasteiger partial charge in [0.05, 0.1) is 0 Å². The Balaban J connectivity index is 3.14. The molecule has 0 bridgehead atoms. The normalized spacial score (nSPS) is 18.1. The fraction of sp³-hybridized carbons (Fsp3) is 0.733. The molecule has 1 rings (SSSR count). The summed E-state index contributed by atoms with van der Waals surface area (Å²) in [5, 5.41) is 0. The summed E-state index contributed by atoms with van der Waals surface area (Å²) in [6.45, 7) is 17.6. The third kappa shape index (κ3) is 3.44. The summed E-state index contributed by atoms with van der Waals surface area (Å²) in [5.74, 6) is 0. The molecule has 0 radical (unpaired) electrons. The van der Waals surface area contributed by atoms with E-state index in [1.165, 1.54) is 6.42 Å². The van der Waals surface area contributed by atoms with Gasteiger partial charge < -0.3 is 0 Å². The van der Waals surface area contributed by atoms with Crippen molar-refractivity contribution in [2.24, 2.45) is 0 Å². The van der Waals surface area contributed by atoms with Gasteiger partial charge in [-0.3, -0.25) is 0 Å². The molecule has 0 heterocycles. The fourth-order valence-electron chi connectivity index (χ4n) is 2.40. The first-order valence-corrected chi connectivity index (χ1v) is 15.7. The first-order chi connectivity index (χ1) is 7.70. The van der Waals surface area contributed by atoms with Crippen molar-refractivity contribution in [1.82, 2.24) is 0 Å². The minimum atomic E-state index is -1.81. The topological polar surface area (TPSA) is 0 Å². The maximum atomic E-state index is 2.55. The Bertz CT molecular complexity index is 310. The number of hydrogen-bond donors (Lipinski definition) is 0. The molecule has 0 saturated heterocycles. The monoisotopic (exact) mass is 433 g/mol. The molecule has 0 spiro atoms. The predicted molar refractivity (Wildman–Crippen MR) is 80.2 cm³/mol. The van der Waals surface area contributed by atoms with Crippen LogP contribution in [0.4, 0.5) is 0 Å². The van der Waals surface area contributed by atoms with Crippen molar-refractivity contribution in [2.75, 3.05) is 0 Å². The Morgan fingerprint density at radius 1 is 1.12 bits per heavy atom. The van der Waals surface area contributed by atoms with E-state index >= 15 is 0 Å². The molecule has 2 heteroatoms. The average Bonchev–Trinajstić information content (AvgIpc) is 2.64. The molecule has 104 valence electrons. The molecule has 0 nitrogen and oxygen atoms in total. The van der Waals surface area contributed by atoms with Gasteiger partial charge in [0, 0.05) is 0 Å². The zero-order chi connectivity index (χ0) is 13.3. The molecule has 0 aromatic rings. The van der Waals surface area contributed by atoms with Gasteiger partial charge in [-0.15, -0.1) is 0 Å². The molecule has 0 aromatic heterocycles. The molecule has 0 aliphatic heterocycles. The Hall–Kier alpha value is 0.385. The Labute approximate surface area is 113 Å². The molecule has 0 atom stereocenters. The SMILES string of the molecule is C[CH](C)[Pt]([CH2][Si](C)(C)C)([C]1=CC=CC1)[CH](C)C. The second kappa shape index (κ2) is 5.57. The van der Waals surface area contributed by atoms with Gasteiger partial charge in [0.15, 0.2) is 0 Å². The Morgan fingerprint density at radius 2 is 1.65 bits per heavy atom. The van der Waals surface area contributed by atoms with Gasteiger partial charge in [0.2, 0.25) is 0 Å². The molecule has 1 aliphatic carbocycles. The molecular weight excluding hydrogens is 403 g/mol. The summed E-state index contributed by atoms with van der Waals surface area (Å²) in [5.41, 5.74) is 0. The molecule has 0 aromatic carbocycles. The van der Waals surface area contributed by atoms with E-state index in [9.17, 15) is 0 Å². The van der Waals surface area contributed by atoms with Crippen LogP contribution >= 0.6 is 0 Å². The van der Waals surface area contributed by atoms with Gasteiger partial charge in [-0.05, 0) is 0 Å². The van der Waals surface area contributed by atoms with E-state index in [0.717, 1.165) is 8.62 Å². The second-order valence-corrected chi connectivity index (χ2v) is 25.6. The van der Waals surface area contributed by atoms with Crippen LogP contribution in [0.2, 0.25) is 32.7 Å². The van der Waals surface area contributed by atoms with E-state index < -0.39 is 24.1 Å². The average molecular weight is 434 g/mol. The van der Waals surface area contributed by atoms with Crippen molar-refractivity contribution in [3.05, 3.63) is 22.2 Å². The van der Waals surface area contributed by atoms with Crippen molar-refractivity contribution in [3.63, 3.8) is 0 Å². The van der Waals surface area contributed by atoms with E-state index in [0.29, 0.717) is 0 Å². The van der Waals surface area contributed by atoms with Crippen molar-refractivity contribution in [1.29, 1.82) is 0 Å². The van der Waals surface area contributed by atoms with Gasteiger partial charge in [0.1, 0.15) is 0 Å². The van der Waals surface area contributed by atoms with Crippen LogP contribution in [0.15, 0.2) is 22.2 Å². The van der Waals surface area contributed by atoms with Gasteiger partial charge in [-0.1, -0.05) is 0 Å². The molecule has 1 aliphatic rings. The summed E-state index contributed by atoms with van der Waals surface area (Å²) in [7, 11) is -0.974. The molecule has 17 heavy (non-hydrogen) atoms. The van der Waals surface area contributed by atoms with Crippen LogP contribution in [0.1, 0.15) is 34.1 Å². The predicted octanol–water partition coefficient (Wildman–Crippen LogP) is 5.94. The van der Waals surface area contributed by atoms with E-state index in [4.69, 9.17) is 0 Å². The van der Waals surface area contributed by atoms with Crippen molar-refractivity contribution in [3.8, 4) is 0 Å². The summed E-state index contributed by atoms with van der Waals surface area (Å²) >= 11 is -1.81. The molecule has 0 N–H and O–H groups in total. The van der Waals surface area contributed by atoms with Crippen molar-refractivity contribution in [2.45, 2.75) is 66.8 Å². The Morgan fingerprint density at radius 3 is 1.94 bits per heavy atom. The first kappa shape index (κ1) is 15.4. The van der Waals surface area contributed by atoms with Crippen LogP contribution in [0, 0.1) is 0 Å².